The van der Waals surface area contributed by atoms with Gasteiger partial charge in [-0.25, -0.2) is 4.98 Å². The molecule has 32 heavy (non-hydrogen) atoms. The largest absolute Gasteiger partial charge is 0.497 e. The molecule has 0 saturated carbocycles. The number of H-pyrrole nitrogens is 2. The highest BCUT2D eigenvalue weighted by Gasteiger charge is 2.27. The van der Waals surface area contributed by atoms with Gasteiger partial charge < -0.3 is 24.9 Å². The zero-order valence-corrected chi connectivity index (χ0v) is 18.4. The highest BCUT2D eigenvalue weighted by Crippen LogP contribution is 2.28. The molecule has 4 aromatic rings. The number of nitrogens with zero attached hydrogens (tertiary/aromatic N) is 4. The SMILES string of the molecule is COc1ccc2[nH]cc(CCNC(=O)C3CCN(c4nc(Cl)nc5nc[nH]c45)CC3)c2c1. The first-order valence-corrected chi connectivity index (χ1v) is 11.0. The summed E-state index contributed by atoms with van der Waals surface area (Å²) < 4.78 is 5.33. The van der Waals surface area contributed by atoms with Crippen molar-refractivity contribution in [2.75, 3.05) is 31.6 Å². The average molecular weight is 454 g/mol. The summed E-state index contributed by atoms with van der Waals surface area (Å²) in [6.07, 6.45) is 5.86. The second kappa shape index (κ2) is 8.66. The molecule has 4 heterocycles. The first-order valence-electron chi connectivity index (χ1n) is 10.7. The number of carbonyl (C=O) groups excluding carboxylic acids is 1. The molecule has 5 rings (SSSR count). The molecule has 0 bridgehead atoms. The number of hydrogen-bond acceptors (Lipinski definition) is 6. The van der Waals surface area contributed by atoms with Gasteiger partial charge in [-0.1, -0.05) is 0 Å². The zero-order valence-electron chi connectivity index (χ0n) is 17.7. The van der Waals surface area contributed by atoms with Gasteiger partial charge in [0.25, 0.3) is 0 Å². The zero-order chi connectivity index (χ0) is 22.1. The summed E-state index contributed by atoms with van der Waals surface area (Å²) in [4.78, 5) is 33.9. The number of methoxy groups -OCH3 is 1. The number of carbonyl (C=O) groups is 1. The smallest absolute Gasteiger partial charge is 0.226 e. The second-order valence-corrected chi connectivity index (χ2v) is 8.28. The summed E-state index contributed by atoms with van der Waals surface area (Å²) >= 11 is 6.06. The molecule has 0 atom stereocenters. The molecule has 10 heteroatoms. The molecule has 9 nitrogen and oxygen atoms in total. The average Bonchev–Trinajstić information content (AvgIpc) is 3.45. The Kier molecular flexibility index (Phi) is 5.57. The lowest BCUT2D eigenvalue weighted by Crippen LogP contribution is -2.41. The number of ether oxygens (including phenoxy) is 1. The summed E-state index contributed by atoms with van der Waals surface area (Å²) in [6, 6.07) is 5.96. The molecule has 0 aliphatic carbocycles. The first kappa shape index (κ1) is 20.6. The molecule has 0 spiro atoms. The topological polar surface area (TPSA) is 112 Å². The Morgan fingerprint density at radius 2 is 2.12 bits per heavy atom. The monoisotopic (exact) mass is 453 g/mol. The Morgan fingerprint density at radius 3 is 2.94 bits per heavy atom. The second-order valence-electron chi connectivity index (χ2n) is 7.95. The van der Waals surface area contributed by atoms with Crippen LogP contribution in [0.1, 0.15) is 18.4 Å². The van der Waals surface area contributed by atoms with Gasteiger partial charge in [0.15, 0.2) is 11.5 Å². The van der Waals surface area contributed by atoms with Gasteiger partial charge in [0.05, 0.1) is 13.4 Å². The highest BCUT2D eigenvalue weighted by atomic mass is 35.5. The predicted octanol–water partition coefficient (Wildman–Crippen LogP) is 3.07. The minimum atomic E-state index is -0.0103. The molecule has 1 saturated heterocycles. The summed E-state index contributed by atoms with van der Waals surface area (Å²) in [7, 11) is 1.66. The third-order valence-electron chi connectivity index (χ3n) is 6.07. The van der Waals surface area contributed by atoms with E-state index >= 15 is 0 Å². The molecule has 1 aliphatic heterocycles. The molecule has 3 aromatic heterocycles. The van der Waals surface area contributed by atoms with Gasteiger partial charge in [-0.3, -0.25) is 4.79 Å². The molecule has 166 valence electrons. The molecular weight excluding hydrogens is 430 g/mol. The van der Waals surface area contributed by atoms with Crippen LogP contribution in [0.4, 0.5) is 5.82 Å². The lowest BCUT2D eigenvalue weighted by Gasteiger charge is -2.32. The normalized spacial score (nSPS) is 14.9. The number of fused-ring (bicyclic) bond motifs is 2. The van der Waals surface area contributed by atoms with E-state index in [0.29, 0.717) is 12.2 Å². The summed E-state index contributed by atoms with van der Waals surface area (Å²) in [5.41, 5.74) is 3.55. The van der Waals surface area contributed by atoms with E-state index in [-0.39, 0.29) is 17.1 Å². The van der Waals surface area contributed by atoms with E-state index in [4.69, 9.17) is 16.3 Å². The van der Waals surface area contributed by atoms with Crippen LogP contribution in [0, 0.1) is 5.92 Å². The molecule has 1 aromatic carbocycles. The van der Waals surface area contributed by atoms with E-state index in [9.17, 15) is 4.79 Å². The fourth-order valence-electron chi connectivity index (χ4n) is 4.33. The number of anilines is 1. The number of imidazole rings is 1. The van der Waals surface area contributed by atoms with Crippen LogP contribution in [0.2, 0.25) is 5.28 Å². The summed E-state index contributed by atoms with van der Waals surface area (Å²) in [5.74, 6) is 1.66. The maximum Gasteiger partial charge on any atom is 0.226 e. The van der Waals surface area contributed by atoms with Crippen LogP contribution >= 0.6 is 11.6 Å². The van der Waals surface area contributed by atoms with Gasteiger partial charge in [0, 0.05) is 42.7 Å². The minimum Gasteiger partial charge on any atom is -0.497 e. The van der Waals surface area contributed by atoms with Crippen LogP contribution in [-0.2, 0) is 11.2 Å². The Balaban J connectivity index is 1.16. The van der Waals surface area contributed by atoms with E-state index < -0.39 is 0 Å². The van der Waals surface area contributed by atoms with Gasteiger partial charge in [0.1, 0.15) is 11.3 Å². The van der Waals surface area contributed by atoms with Crippen LogP contribution < -0.4 is 15.0 Å². The summed E-state index contributed by atoms with van der Waals surface area (Å²) in [5, 5.41) is 4.41. The van der Waals surface area contributed by atoms with Crippen LogP contribution in [0.5, 0.6) is 5.75 Å². The van der Waals surface area contributed by atoms with Gasteiger partial charge in [-0.2, -0.15) is 9.97 Å². The molecule has 3 N–H and O–H groups in total. The van der Waals surface area contributed by atoms with Crippen LogP contribution in [0.15, 0.2) is 30.7 Å². The van der Waals surface area contributed by atoms with Crippen LogP contribution in [0.25, 0.3) is 22.1 Å². The standard InChI is InChI=1S/C22H24ClN7O2/c1-32-15-2-3-17-16(10-15)14(11-25-17)4-7-24-21(31)13-5-8-30(9-6-13)20-18-19(27-12-26-18)28-22(23)29-20/h2-3,10-13,25H,4-9H2,1H3,(H,24,31)(H,26,27,28,29). The molecule has 1 aliphatic rings. The van der Waals surface area contributed by atoms with Gasteiger partial charge in [-0.15, -0.1) is 0 Å². The fraction of sp³-hybridized carbons (Fsp3) is 0.364. The summed E-state index contributed by atoms with van der Waals surface area (Å²) in [6.45, 7) is 2.04. The number of nitrogens with one attached hydrogen (secondary N) is 3. The van der Waals surface area contributed by atoms with Crippen molar-refractivity contribution in [3.8, 4) is 5.75 Å². The van der Waals surface area contributed by atoms with Crippen molar-refractivity contribution in [3.05, 3.63) is 41.6 Å². The maximum atomic E-state index is 12.7. The van der Waals surface area contributed by atoms with E-state index in [1.807, 2.05) is 24.4 Å². The molecule has 1 amide bonds. The van der Waals surface area contributed by atoms with Gasteiger partial charge >= 0.3 is 0 Å². The number of hydrogen-bond donors (Lipinski definition) is 3. The Labute approximate surface area is 189 Å². The lowest BCUT2D eigenvalue weighted by atomic mass is 9.95. The predicted molar refractivity (Wildman–Crippen MR) is 123 cm³/mol. The fourth-order valence-corrected chi connectivity index (χ4v) is 4.49. The Bertz CT molecular complexity index is 1260. The third-order valence-corrected chi connectivity index (χ3v) is 6.24. The first-order chi connectivity index (χ1) is 15.6. The Hall–Kier alpha value is -3.33. The molecular formula is C22H24ClN7O2. The third kappa shape index (κ3) is 3.95. The van der Waals surface area contributed by atoms with Crippen LogP contribution in [0.3, 0.4) is 0 Å². The number of piperidine rings is 1. The van der Waals surface area contributed by atoms with E-state index in [1.54, 1.807) is 13.4 Å². The van der Waals surface area contributed by atoms with Crippen molar-refractivity contribution in [2.45, 2.75) is 19.3 Å². The van der Waals surface area contributed by atoms with Crippen molar-refractivity contribution in [3.63, 3.8) is 0 Å². The molecule has 1 fully saturated rings. The molecule has 0 radical (unpaired) electrons. The van der Waals surface area contributed by atoms with Crippen molar-refractivity contribution in [1.82, 2.24) is 30.2 Å². The van der Waals surface area contributed by atoms with Gasteiger partial charge in [-0.05, 0) is 54.6 Å². The van der Waals surface area contributed by atoms with Crippen molar-refractivity contribution >= 4 is 45.4 Å². The van der Waals surface area contributed by atoms with Crippen molar-refractivity contribution in [1.29, 1.82) is 0 Å². The quantitative estimate of drug-likeness (QED) is 0.387. The van der Waals surface area contributed by atoms with Gasteiger partial charge in [0.2, 0.25) is 11.2 Å². The van der Waals surface area contributed by atoms with Crippen molar-refractivity contribution in [2.24, 2.45) is 5.92 Å². The number of aromatic nitrogens is 5. The maximum absolute atomic E-state index is 12.7. The van der Waals surface area contributed by atoms with E-state index in [1.165, 1.54) is 5.56 Å². The van der Waals surface area contributed by atoms with E-state index in [0.717, 1.165) is 60.3 Å². The molecule has 0 unspecified atom stereocenters. The highest BCUT2D eigenvalue weighted by molar-refractivity contribution is 6.28. The lowest BCUT2D eigenvalue weighted by molar-refractivity contribution is -0.125. The Morgan fingerprint density at radius 1 is 1.28 bits per heavy atom. The number of amides is 1. The van der Waals surface area contributed by atoms with E-state index in [2.05, 4.69) is 35.1 Å². The van der Waals surface area contributed by atoms with Crippen molar-refractivity contribution < 1.29 is 9.53 Å². The number of aromatic amines is 2. The number of halogens is 1. The number of benzene rings is 1. The number of rotatable bonds is 6. The minimum absolute atomic E-state index is 0.0103. The van der Waals surface area contributed by atoms with Crippen LogP contribution in [-0.4, -0.2) is 57.6 Å².